The largest absolute Gasteiger partial charge is 0.394 e. The zero-order valence-electron chi connectivity index (χ0n) is 5.73. The molecule has 3 N–H and O–H groups in total. The van der Waals surface area contributed by atoms with Crippen molar-refractivity contribution in [1.82, 2.24) is 0 Å². The van der Waals surface area contributed by atoms with E-state index in [-0.39, 0.29) is 13.0 Å². The van der Waals surface area contributed by atoms with Gasteiger partial charge in [0, 0.05) is 5.54 Å². The summed E-state index contributed by atoms with van der Waals surface area (Å²) in [6.45, 7) is 1.25. The van der Waals surface area contributed by atoms with Crippen molar-refractivity contribution in [2.45, 2.75) is 25.3 Å². The maximum atomic E-state index is 11.7. The lowest BCUT2D eigenvalue weighted by molar-refractivity contribution is 0.173. The molecule has 0 aliphatic heterocycles. The lowest BCUT2D eigenvalue weighted by Crippen LogP contribution is -2.43. The summed E-state index contributed by atoms with van der Waals surface area (Å²) in [4.78, 5) is 0. The number of halogens is 1. The van der Waals surface area contributed by atoms with E-state index in [0.29, 0.717) is 6.42 Å². The van der Waals surface area contributed by atoms with Crippen LogP contribution in [-0.4, -0.2) is 23.9 Å². The number of aliphatic hydroxyl groups is 1. The summed E-state index contributed by atoms with van der Waals surface area (Å²) < 4.78 is 11.7. The number of hydrogen-bond donors (Lipinski definition) is 2. The van der Waals surface area contributed by atoms with Crippen molar-refractivity contribution in [2.24, 2.45) is 5.73 Å². The van der Waals surface area contributed by atoms with Gasteiger partial charge in [0.1, 0.15) is 0 Å². The maximum absolute atomic E-state index is 11.7. The van der Waals surface area contributed by atoms with Crippen LogP contribution in [0.25, 0.3) is 0 Å². The van der Waals surface area contributed by atoms with E-state index in [0.717, 1.165) is 0 Å². The fourth-order valence-corrected chi connectivity index (χ4v) is 0.556. The van der Waals surface area contributed by atoms with Gasteiger partial charge in [-0.1, -0.05) is 6.92 Å². The lowest BCUT2D eigenvalue weighted by atomic mass is 9.95. The highest BCUT2D eigenvalue weighted by molar-refractivity contribution is 4.80. The molecule has 0 saturated carbocycles. The van der Waals surface area contributed by atoms with Crippen LogP contribution in [0.5, 0.6) is 0 Å². The highest BCUT2D eigenvalue weighted by Crippen LogP contribution is 2.09. The summed E-state index contributed by atoms with van der Waals surface area (Å²) in [5, 5.41) is 8.62. The van der Waals surface area contributed by atoms with Gasteiger partial charge in [-0.25, -0.2) is 0 Å². The van der Waals surface area contributed by atoms with Crippen LogP contribution in [0.3, 0.4) is 0 Å². The molecule has 0 aliphatic carbocycles. The fraction of sp³-hybridized carbons (Fsp3) is 1.00. The molecule has 0 rings (SSSR count). The first-order chi connectivity index (χ1) is 4.18. The average Bonchev–Trinajstić information content (AvgIpc) is 1.89. The van der Waals surface area contributed by atoms with Crippen LogP contribution < -0.4 is 5.73 Å². The van der Waals surface area contributed by atoms with E-state index in [4.69, 9.17) is 10.8 Å². The van der Waals surface area contributed by atoms with Crippen LogP contribution >= 0.6 is 0 Å². The van der Waals surface area contributed by atoms with E-state index in [1.165, 1.54) is 0 Å². The highest BCUT2D eigenvalue weighted by Gasteiger charge is 2.20. The van der Waals surface area contributed by atoms with Crippen molar-refractivity contribution in [3.8, 4) is 0 Å². The molecule has 0 fully saturated rings. The Bertz CT molecular complexity index is 73.5. The van der Waals surface area contributed by atoms with Crippen molar-refractivity contribution in [3.63, 3.8) is 0 Å². The lowest BCUT2D eigenvalue weighted by Gasteiger charge is -2.23. The standard InChI is InChI=1S/C6H14FNO/c1-2-6(8,5-9)3-4-7/h9H,2-5,8H2,1H3. The van der Waals surface area contributed by atoms with Crippen molar-refractivity contribution in [3.05, 3.63) is 0 Å². The van der Waals surface area contributed by atoms with Crippen molar-refractivity contribution < 1.29 is 9.50 Å². The minimum absolute atomic E-state index is 0.132. The quantitative estimate of drug-likeness (QED) is 0.587. The first kappa shape index (κ1) is 8.85. The summed E-state index contributed by atoms with van der Waals surface area (Å²) in [5.41, 5.74) is 4.83. The van der Waals surface area contributed by atoms with E-state index in [9.17, 15) is 4.39 Å². The van der Waals surface area contributed by atoms with Crippen LogP contribution in [0.1, 0.15) is 19.8 Å². The molecule has 0 heterocycles. The Morgan fingerprint density at radius 2 is 2.22 bits per heavy atom. The van der Waals surface area contributed by atoms with Gasteiger partial charge in [-0.15, -0.1) is 0 Å². The Hall–Kier alpha value is -0.150. The van der Waals surface area contributed by atoms with Gasteiger partial charge in [-0.2, -0.15) is 0 Å². The van der Waals surface area contributed by atoms with Gasteiger partial charge < -0.3 is 10.8 Å². The van der Waals surface area contributed by atoms with Gasteiger partial charge in [0.15, 0.2) is 0 Å². The van der Waals surface area contributed by atoms with E-state index in [2.05, 4.69) is 0 Å². The molecule has 0 aromatic heterocycles. The molecule has 9 heavy (non-hydrogen) atoms. The summed E-state index contributed by atoms with van der Waals surface area (Å²) in [6.07, 6.45) is 0.868. The van der Waals surface area contributed by atoms with Crippen molar-refractivity contribution in [1.29, 1.82) is 0 Å². The van der Waals surface area contributed by atoms with Crippen LogP contribution in [0.2, 0.25) is 0 Å². The van der Waals surface area contributed by atoms with Crippen LogP contribution in [0.4, 0.5) is 4.39 Å². The van der Waals surface area contributed by atoms with Crippen LogP contribution in [0.15, 0.2) is 0 Å². The summed E-state index contributed by atoms with van der Waals surface area (Å²) in [5.74, 6) is 0. The molecular formula is C6H14FNO. The average molecular weight is 135 g/mol. The SMILES string of the molecule is CCC(N)(CO)CCF. The topological polar surface area (TPSA) is 46.2 Å². The summed E-state index contributed by atoms with van der Waals surface area (Å²) in [7, 11) is 0. The number of hydrogen-bond acceptors (Lipinski definition) is 2. The van der Waals surface area contributed by atoms with Crippen LogP contribution in [-0.2, 0) is 0 Å². The maximum Gasteiger partial charge on any atom is 0.0912 e. The number of aliphatic hydroxyl groups excluding tert-OH is 1. The Labute approximate surface area is 54.9 Å². The molecule has 56 valence electrons. The molecule has 0 aromatic carbocycles. The van der Waals surface area contributed by atoms with E-state index in [1.54, 1.807) is 0 Å². The molecule has 1 atom stereocenters. The summed E-state index contributed by atoms with van der Waals surface area (Å²) >= 11 is 0. The second kappa shape index (κ2) is 3.80. The predicted octanol–water partition coefficient (Wildman–Crippen LogP) is 0.446. The number of nitrogens with two attached hydrogens (primary N) is 1. The molecule has 1 unspecified atom stereocenters. The van der Waals surface area contributed by atoms with E-state index in [1.807, 2.05) is 6.92 Å². The number of rotatable bonds is 4. The molecule has 0 spiro atoms. The second-order valence-electron chi connectivity index (χ2n) is 2.31. The molecule has 3 heteroatoms. The van der Waals surface area contributed by atoms with Crippen molar-refractivity contribution >= 4 is 0 Å². The predicted molar refractivity (Wildman–Crippen MR) is 34.9 cm³/mol. The normalized spacial score (nSPS) is 17.3. The van der Waals surface area contributed by atoms with Crippen molar-refractivity contribution in [2.75, 3.05) is 13.3 Å². The Morgan fingerprint density at radius 1 is 1.67 bits per heavy atom. The van der Waals surface area contributed by atoms with E-state index < -0.39 is 12.2 Å². The number of alkyl halides is 1. The molecule has 0 bridgehead atoms. The molecule has 0 radical (unpaired) electrons. The summed E-state index contributed by atoms with van der Waals surface area (Å²) in [6, 6.07) is 0. The zero-order chi connectivity index (χ0) is 7.33. The van der Waals surface area contributed by atoms with Gasteiger partial charge in [0.2, 0.25) is 0 Å². The smallest absolute Gasteiger partial charge is 0.0912 e. The first-order valence-corrected chi connectivity index (χ1v) is 3.14. The third-order valence-electron chi connectivity index (χ3n) is 1.61. The Balaban J connectivity index is 3.62. The van der Waals surface area contributed by atoms with Gasteiger partial charge in [-0.05, 0) is 12.8 Å². The second-order valence-corrected chi connectivity index (χ2v) is 2.31. The molecule has 2 nitrogen and oxygen atoms in total. The molecule has 0 saturated heterocycles. The van der Waals surface area contributed by atoms with Gasteiger partial charge >= 0.3 is 0 Å². The highest BCUT2D eigenvalue weighted by atomic mass is 19.1. The monoisotopic (exact) mass is 135 g/mol. The molecule has 0 aromatic rings. The first-order valence-electron chi connectivity index (χ1n) is 3.14. The molecule has 0 aliphatic rings. The van der Waals surface area contributed by atoms with Gasteiger partial charge in [0.05, 0.1) is 13.3 Å². The van der Waals surface area contributed by atoms with E-state index >= 15 is 0 Å². The fourth-order valence-electron chi connectivity index (χ4n) is 0.556. The van der Waals surface area contributed by atoms with Gasteiger partial charge in [0.25, 0.3) is 0 Å². The third-order valence-corrected chi connectivity index (χ3v) is 1.61. The van der Waals surface area contributed by atoms with Gasteiger partial charge in [-0.3, -0.25) is 4.39 Å². The Kier molecular flexibility index (Phi) is 3.73. The van der Waals surface area contributed by atoms with Crippen LogP contribution in [0, 0.1) is 0 Å². The third kappa shape index (κ3) is 2.77. The Morgan fingerprint density at radius 3 is 2.33 bits per heavy atom. The molecular weight excluding hydrogens is 121 g/mol. The minimum Gasteiger partial charge on any atom is -0.394 e. The minimum atomic E-state index is -0.686. The molecule has 0 amide bonds. The zero-order valence-corrected chi connectivity index (χ0v) is 5.73.